The second-order valence-electron chi connectivity index (χ2n) is 5.18. The molecule has 2 aromatic rings. The molecule has 0 amide bonds. The van der Waals surface area contributed by atoms with Crippen LogP contribution in [0.1, 0.15) is 11.1 Å². The maximum absolute atomic E-state index is 11.9. The Morgan fingerprint density at radius 3 is 1.68 bits per heavy atom. The van der Waals surface area contributed by atoms with Crippen molar-refractivity contribution in [2.75, 3.05) is 12.5 Å². The number of carbonyl (C=O) groups is 1. The number of allylic oxidation sites excluding steroid dienone is 3. The van der Waals surface area contributed by atoms with Gasteiger partial charge in [0.2, 0.25) is 0 Å². The molecule has 4 heteroatoms. The molecule has 0 spiro atoms. The molecule has 128 valence electrons. The Morgan fingerprint density at radius 2 is 1.24 bits per heavy atom. The zero-order chi connectivity index (χ0) is 18.1. The zero-order valence-corrected chi connectivity index (χ0v) is 15.8. The van der Waals surface area contributed by atoms with Crippen molar-refractivity contribution in [1.29, 1.82) is 0 Å². The lowest BCUT2D eigenvalue weighted by atomic mass is 10.2. The summed E-state index contributed by atoms with van der Waals surface area (Å²) in [6.45, 7) is 0. The predicted octanol–water partition coefficient (Wildman–Crippen LogP) is 5.87. The Balaban J connectivity index is 1.96. The average molecular weight is 369 g/mol. The summed E-state index contributed by atoms with van der Waals surface area (Å²) in [4.78, 5) is 14.2. The van der Waals surface area contributed by atoms with Gasteiger partial charge in [0.25, 0.3) is 0 Å². The number of hydrogen-bond donors (Lipinski definition) is 1. The van der Waals surface area contributed by atoms with Crippen LogP contribution in [-0.4, -0.2) is 23.4 Å². The first kappa shape index (κ1) is 19.2. The average Bonchev–Trinajstić information content (AvgIpc) is 2.65. The van der Waals surface area contributed by atoms with E-state index in [1.807, 2.05) is 61.0 Å². The molecule has 0 atom stereocenters. The van der Waals surface area contributed by atoms with Crippen molar-refractivity contribution < 1.29 is 9.90 Å². The minimum Gasteiger partial charge on any atom is -0.508 e. The summed E-state index contributed by atoms with van der Waals surface area (Å²) in [5.41, 5.74) is 1.91. The van der Waals surface area contributed by atoms with E-state index in [4.69, 9.17) is 0 Å². The predicted molar refractivity (Wildman–Crippen MR) is 110 cm³/mol. The molecule has 0 unspecified atom stereocenters. The molecule has 25 heavy (non-hydrogen) atoms. The highest BCUT2D eigenvalue weighted by molar-refractivity contribution is 7.98. The lowest BCUT2D eigenvalue weighted by Gasteiger charge is -1.97. The SMILES string of the molecule is CSc1ccc(/C=C/C(=O)/C=C(O)/C=C/c2ccc(SC)cc2)cc1. The van der Waals surface area contributed by atoms with Crippen molar-refractivity contribution >= 4 is 41.5 Å². The highest BCUT2D eigenvalue weighted by Gasteiger charge is 1.96. The molecule has 2 nitrogen and oxygen atoms in total. The summed E-state index contributed by atoms with van der Waals surface area (Å²) in [6, 6.07) is 15.9. The minimum absolute atomic E-state index is 0.0682. The van der Waals surface area contributed by atoms with E-state index in [9.17, 15) is 9.90 Å². The number of aliphatic hydroxyl groups excluding tert-OH is 1. The molecular weight excluding hydrogens is 348 g/mol. The van der Waals surface area contributed by atoms with E-state index in [1.165, 1.54) is 28.0 Å². The van der Waals surface area contributed by atoms with Crippen LogP contribution in [0.5, 0.6) is 0 Å². The van der Waals surface area contributed by atoms with Crippen LogP contribution in [-0.2, 0) is 4.79 Å². The van der Waals surface area contributed by atoms with Gasteiger partial charge in [-0.15, -0.1) is 23.5 Å². The van der Waals surface area contributed by atoms with Gasteiger partial charge in [-0.05, 0) is 60.1 Å². The fourth-order valence-corrected chi connectivity index (χ4v) is 2.85. The standard InChI is InChI=1S/C21H20O2S2/c1-24-20-11-5-16(6-12-20)3-9-18(22)15-19(23)10-4-17-7-13-21(25-2)14-8-17/h3-15,22H,1-2H3/b9-3+,10-4+,18-15-. The van der Waals surface area contributed by atoms with Gasteiger partial charge in [-0.25, -0.2) is 0 Å². The van der Waals surface area contributed by atoms with Crippen LogP contribution in [0.4, 0.5) is 0 Å². The lowest BCUT2D eigenvalue weighted by Crippen LogP contribution is -1.88. The number of benzene rings is 2. The fraction of sp³-hybridized carbons (Fsp3) is 0.0952. The first-order valence-corrected chi connectivity index (χ1v) is 10.1. The Morgan fingerprint density at radius 1 is 0.800 bits per heavy atom. The monoisotopic (exact) mass is 368 g/mol. The number of carbonyl (C=O) groups excluding carboxylic acids is 1. The van der Waals surface area contributed by atoms with Crippen LogP contribution < -0.4 is 0 Å². The summed E-state index contributed by atoms with van der Waals surface area (Å²) in [5, 5.41) is 9.86. The maximum atomic E-state index is 11.9. The quantitative estimate of drug-likeness (QED) is 0.287. The smallest absolute Gasteiger partial charge is 0.182 e. The maximum Gasteiger partial charge on any atom is 0.182 e. The number of aliphatic hydroxyl groups is 1. The molecule has 0 bridgehead atoms. The lowest BCUT2D eigenvalue weighted by molar-refractivity contribution is -0.110. The molecule has 1 N–H and O–H groups in total. The first-order chi connectivity index (χ1) is 12.1. The normalized spacial score (nSPS) is 12.2. The summed E-state index contributed by atoms with van der Waals surface area (Å²) in [5.74, 6) is -0.324. The van der Waals surface area contributed by atoms with Crippen molar-refractivity contribution in [3.63, 3.8) is 0 Å². The van der Waals surface area contributed by atoms with Gasteiger partial charge < -0.3 is 5.11 Å². The third kappa shape index (κ3) is 6.69. The van der Waals surface area contributed by atoms with E-state index in [2.05, 4.69) is 0 Å². The molecule has 2 rings (SSSR count). The molecule has 0 heterocycles. The first-order valence-electron chi connectivity index (χ1n) is 7.69. The molecule has 0 aliphatic carbocycles. The van der Waals surface area contributed by atoms with E-state index in [-0.39, 0.29) is 11.5 Å². The van der Waals surface area contributed by atoms with Gasteiger partial charge >= 0.3 is 0 Å². The summed E-state index contributed by atoms with van der Waals surface area (Å²) < 4.78 is 0. The van der Waals surface area contributed by atoms with E-state index in [0.717, 1.165) is 11.1 Å². The van der Waals surface area contributed by atoms with Gasteiger partial charge in [-0.1, -0.05) is 36.4 Å². The van der Waals surface area contributed by atoms with Gasteiger partial charge in [0.05, 0.1) is 0 Å². The molecule has 0 aliphatic rings. The molecule has 0 radical (unpaired) electrons. The van der Waals surface area contributed by atoms with Gasteiger partial charge in [-0.2, -0.15) is 0 Å². The van der Waals surface area contributed by atoms with E-state index < -0.39 is 0 Å². The number of rotatable bonds is 7. The second-order valence-corrected chi connectivity index (χ2v) is 6.94. The Kier molecular flexibility index (Phi) is 7.64. The van der Waals surface area contributed by atoms with E-state index in [1.54, 1.807) is 35.7 Å². The van der Waals surface area contributed by atoms with Crippen LogP contribution in [0.25, 0.3) is 12.2 Å². The van der Waals surface area contributed by atoms with Crippen molar-refractivity contribution in [3.05, 3.63) is 83.6 Å². The highest BCUT2D eigenvalue weighted by atomic mass is 32.2. The largest absolute Gasteiger partial charge is 0.508 e. The Labute approximate surface area is 157 Å². The number of thioether (sulfide) groups is 2. The molecule has 2 aromatic carbocycles. The fourth-order valence-electron chi connectivity index (χ4n) is 2.03. The van der Waals surface area contributed by atoms with Crippen LogP contribution in [0.3, 0.4) is 0 Å². The highest BCUT2D eigenvalue weighted by Crippen LogP contribution is 2.16. The molecule has 0 saturated carbocycles. The third-order valence-electron chi connectivity index (χ3n) is 3.41. The van der Waals surface area contributed by atoms with Crippen molar-refractivity contribution in [3.8, 4) is 0 Å². The summed E-state index contributed by atoms with van der Waals surface area (Å²) >= 11 is 3.35. The van der Waals surface area contributed by atoms with Gasteiger partial charge in [0.15, 0.2) is 5.78 Å². The topological polar surface area (TPSA) is 37.3 Å². The molecule has 0 aliphatic heterocycles. The van der Waals surface area contributed by atoms with Crippen LogP contribution in [0.15, 0.2) is 82.3 Å². The van der Waals surface area contributed by atoms with Gasteiger partial charge in [-0.3, -0.25) is 4.79 Å². The zero-order valence-electron chi connectivity index (χ0n) is 14.2. The second kappa shape index (κ2) is 9.97. The van der Waals surface area contributed by atoms with Crippen molar-refractivity contribution in [2.24, 2.45) is 0 Å². The minimum atomic E-state index is -0.256. The summed E-state index contributed by atoms with van der Waals surface area (Å²) in [7, 11) is 0. The number of hydrogen-bond acceptors (Lipinski definition) is 4. The Bertz CT molecular complexity index is 786. The van der Waals surface area contributed by atoms with Crippen LogP contribution in [0, 0.1) is 0 Å². The van der Waals surface area contributed by atoms with Crippen LogP contribution >= 0.6 is 23.5 Å². The molecular formula is C21H20O2S2. The third-order valence-corrected chi connectivity index (χ3v) is 4.90. The summed E-state index contributed by atoms with van der Waals surface area (Å²) in [6.07, 6.45) is 11.7. The van der Waals surface area contributed by atoms with Crippen molar-refractivity contribution in [2.45, 2.75) is 9.79 Å². The van der Waals surface area contributed by atoms with Gasteiger partial charge in [0, 0.05) is 15.9 Å². The van der Waals surface area contributed by atoms with E-state index in [0.29, 0.717) is 0 Å². The van der Waals surface area contributed by atoms with Crippen molar-refractivity contribution in [1.82, 2.24) is 0 Å². The number of ketones is 1. The van der Waals surface area contributed by atoms with Crippen LogP contribution in [0.2, 0.25) is 0 Å². The van der Waals surface area contributed by atoms with E-state index >= 15 is 0 Å². The molecule has 0 aromatic heterocycles. The molecule has 0 saturated heterocycles. The molecule has 0 fully saturated rings. The Hall–Kier alpha value is -2.17. The van der Waals surface area contributed by atoms with Gasteiger partial charge in [0.1, 0.15) is 5.76 Å².